The van der Waals surface area contributed by atoms with E-state index in [9.17, 15) is 13.2 Å². The molecule has 0 atom stereocenters. The zero-order chi connectivity index (χ0) is 13.1. The number of rotatable bonds is 3. The van der Waals surface area contributed by atoms with Crippen molar-refractivity contribution in [1.29, 1.82) is 0 Å². The van der Waals surface area contributed by atoms with Gasteiger partial charge in [0.25, 0.3) is 0 Å². The number of hydrogen-bond acceptors (Lipinski definition) is 1. The Morgan fingerprint density at radius 1 is 0.889 bits per heavy atom. The summed E-state index contributed by atoms with van der Waals surface area (Å²) < 4.78 is 40.1. The fraction of sp³-hybridized carbons (Fsp3) is 0.0769. The fourth-order valence-corrected chi connectivity index (χ4v) is 1.82. The first-order valence-electron chi connectivity index (χ1n) is 5.20. The maximum Gasteiger partial charge on any atom is 0.196 e. The third kappa shape index (κ3) is 2.95. The van der Waals surface area contributed by atoms with Crippen LogP contribution in [-0.4, -0.2) is 0 Å². The van der Waals surface area contributed by atoms with Crippen molar-refractivity contribution < 1.29 is 13.2 Å². The predicted octanol–water partition coefficient (Wildman–Crippen LogP) is 4.32. The van der Waals surface area contributed by atoms with Crippen LogP contribution in [0.2, 0.25) is 0 Å². The van der Waals surface area contributed by atoms with Crippen molar-refractivity contribution in [3.05, 3.63) is 63.0 Å². The molecule has 0 bridgehead atoms. The molecule has 2 aromatic rings. The number of hydrogen-bond donors (Lipinski definition) is 1. The van der Waals surface area contributed by atoms with Gasteiger partial charge in [0.2, 0.25) is 0 Å². The van der Waals surface area contributed by atoms with Crippen molar-refractivity contribution in [3.8, 4) is 0 Å². The summed E-state index contributed by atoms with van der Waals surface area (Å²) in [5, 5.41) is 2.73. The molecule has 0 unspecified atom stereocenters. The van der Waals surface area contributed by atoms with Gasteiger partial charge < -0.3 is 5.32 Å². The second-order valence-electron chi connectivity index (χ2n) is 3.70. The summed E-state index contributed by atoms with van der Waals surface area (Å²) in [7, 11) is 0. The van der Waals surface area contributed by atoms with Gasteiger partial charge >= 0.3 is 0 Å². The molecule has 2 aromatic carbocycles. The van der Waals surface area contributed by atoms with E-state index in [1.165, 1.54) is 6.07 Å². The molecule has 0 aromatic heterocycles. The minimum absolute atomic E-state index is 0.0487. The van der Waals surface area contributed by atoms with Gasteiger partial charge in [-0.1, -0.05) is 12.1 Å². The number of halogens is 4. The molecule has 0 heterocycles. The van der Waals surface area contributed by atoms with Crippen LogP contribution in [0.3, 0.4) is 0 Å². The van der Waals surface area contributed by atoms with Crippen LogP contribution in [0.5, 0.6) is 0 Å². The van der Waals surface area contributed by atoms with Crippen LogP contribution in [0.1, 0.15) is 5.56 Å². The highest BCUT2D eigenvalue weighted by atomic mass is 127. The Labute approximate surface area is 116 Å². The average molecular weight is 363 g/mol. The molecule has 0 aliphatic heterocycles. The molecule has 0 aliphatic rings. The number of nitrogens with one attached hydrogen (secondary N) is 1. The van der Waals surface area contributed by atoms with Crippen LogP contribution in [0.25, 0.3) is 0 Å². The van der Waals surface area contributed by atoms with Gasteiger partial charge in [0, 0.05) is 10.1 Å². The van der Waals surface area contributed by atoms with Gasteiger partial charge in [-0.25, -0.2) is 13.2 Å². The third-order valence-corrected chi connectivity index (χ3v) is 3.15. The lowest BCUT2D eigenvalue weighted by Crippen LogP contribution is -2.03. The van der Waals surface area contributed by atoms with Gasteiger partial charge in [-0.15, -0.1) is 0 Å². The van der Waals surface area contributed by atoms with Gasteiger partial charge in [0.05, 0.1) is 5.69 Å². The molecule has 1 N–H and O–H groups in total. The van der Waals surface area contributed by atoms with Crippen LogP contribution in [0, 0.1) is 21.0 Å². The van der Waals surface area contributed by atoms with Gasteiger partial charge in [-0.3, -0.25) is 0 Å². The van der Waals surface area contributed by atoms with E-state index >= 15 is 0 Å². The monoisotopic (exact) mass is 363 g/mol. The van der Waals surface area contributed by atoms with Gasteiger partial charge in [0.15, 0.2) is 17.5 Å². The fourth-order valence-electron chi connectivity index (χ4n) is 1.46. The van der Waals surface area contributed by atoms with Crippen LogP contribution in [0.15, 0.2) is 36.4 Å². The van der Waals surface area contributed by atoms with Crippen molar-refractivity contribution in [1.82, 2.24) is 0 Å². The topological polar surface area (TPSA) is 12.0 Å². The van der Waals surface area contributed by atoms with Crippen molar-refractivity contribution in [2.24, 2.45) is 0 Å². The van der Waals surface area contributed by atoms with E-state index in [0.29, 0.717) is 6.54 Å². The standard InChI is InChI=1S/C13H9F3IN/c14-10-5-6-11(13(16)12(10)15)18-7-8-1-3-9(17)4-2-8/h1-6,18H,7H2. The van der Waals surface area contributed by atoms with Crippen molar-refractivity contribution in [3.63, 3.8) is 0 Å². The normalized spacial score (nSPS) is 10.4. The van der Waals surface area contributed by atoms with E-state index < -0.39 is 17.5 Å². The van der Waals surface area contributed by atoms with Crippen molar-refractivity contribution in [2.45, 2.75) is 6.54 Å². The molecule has 0 aliphatic carbocycles. The van der Waals surface area contributed by atoms with Gasteiger partial charge in [-0.05, 0) is 52.4 Å². The molecule has 5 heteroatoms. The first-order valence-corrected chi connectivity index (χ1v) is 6.27. The highest BCUT2D eigenvalue weighted by Gasteiger charge is 2.12. The van der Waals surface area contributed by atoms with E-state index in [0.717, 1.165) is 15.2 Å². The molecule has 0 radical (unpaired) electrons. The molecule has 2 rings (SSSR count). The Hall–Kier alpha value is -1.24. The smallest absolute Gasteiger partial charge is 0.196 e. The minimum atomic E-state index is -1.46. The molecule has 0 amide bonds. The zero-order valence-corrected chi connectivity index (χ0v) is 11.3. The predicted molar refractivity (Wildman–Crippen MR) is 72.8 cm³/mol. The summed E-state index contributed by atoms with van der Waals surface area (Å²) in [5.74, 6) is -3.84. The van der Waals surface area contributed by atoms with Gasteiger partial charge in [0.1, 0.15) is 0 Å². The molecule has 0 spiro atoms. The van der Waals surface area contributed by atoms with E-state index in [2.05, 4.69) is 27.9 Å². The molecule has 94 valence electrons. The Morgan fingerprint density at radius 2 is 1.56 bits per heavy atom. The summed E-state index contributed by atoms with van der Waals surface area (Å²) in [6.07, 6.45) is 0. The molecule has 18 heavy (non-hydrogen) atoms. The summed E-state index contributed by atoms with van der Waals surface area (Å²) >= 11 is 2.18. The Morgan fingerprint density at radius 3 is 2.22 bits per heavy atom. The summed E-state index contributed by atoms with van der Waals surface area (Å²) in [6.45, 7) is 0.346. The highest BCUT2D eigenvalue weighted by molar-refractivity contribution is 14.1. The summed E-state index contributed by atoms with van der Waals surface area (Å²) in [6, 6.07) is 9.67. The first-order chi connectivity index (χ1) is 8.58. The van der Waals surface area contributed by atoms with Crippen LogP contribution < -0.4 is 5.32 Å². The van der Waals surface area contributed by atoms with E-state index in [-0.39, 0.29) is 5.69 Å². The lowest BCUT2D eigenvalue weighted by atomic mass is 10.2. The maximum atomic E-state index is 13.4. The van der Waals surface area contributed by atoms with Crippen molar-refractivity contribution in [2.75, 3.05) is 5.32 Å². The van der Waals surface area contributed by atoms with Crippen LogP contribution in [0.4, 0.5) is 18.9 Å². The molecule has 0 saturated heterocycles. The molecule has 0 fully saturated rings. The van der Waals surface area contributed by atoms with E-state index in [4.69, 9.17) is 0 Å². The first kappa shape index (κ1) is 13.2. The second kappa shape index (κ2) is 5.60. The lowest BCUT2D eigenvalue weighted by Gasteiger charge is -2.08. The molecule has 1 nitrogen and oxygen atoms in total. The number of benzene rings is 2. The molecule has 0 saturated carbocycles. The van der Waals surface area contributed by atoms with Gasteiger partial charge in [-0.2, -0.15) is 0 Å². The van der Waals surface area contributed by atoms with Crippen molar-refractivity contribution >= 4 is 28.3 Å². The lowest BCUT2D eigenvalue weighted by molar-refractivity contribution is 0.449. The molecular weight excluding hydrogens is 354 g/mol. The SMILES string of the molecule is Fc1ccc(NCc2ccc(I)cc2)c(F)c1F. The van der Waals surface area contributed by atoms with Crippen LogP contribution in [-0.2, 0) is 6.54 Å². The average Bonchev–Trinajstić information content (AvgIpc) is 2.37. The summed E-state index contributed by atoms with van der Waals surface area (Å²) in [4.78, 5) is 0. The second-order valence-corrected chi connectivity index (χ2v) is 4.95. The zero-order valence-electron chi connectivity index (χ0n) is 9.18. The highest BCUT2D eigenvalue weighted by Crippen LogP contribution is 2.20. The van der Waals surface area contributed by atoms with E-state index in [1.54, 1.807) is 0 Å². The quantitative estimate of drug-likeness (QED) is 0.633. The Balaban J connectivity index is 2.11. The Bertz CT molecular complexity index is 555. The Kier molecular flexibility index (Phi) is 4.11. The largest absolute Gasteiger partial charge is 0.379 e. The van der Waals surface area contributed by atoms with Crippen LogP contribution >= 0.6 is 22.6 Å². The third-order valence-electron chi connectivity index (χ3n) is 2.43. The number of anilines is 1. The molecular formula is C13H9F3IN. The summed E-state index contributed by atoms with van der Waals surface area (Å²) in [5.41, 5.74) is 0.881. The van der Waals surface area contributed by atoms with E-state index in [1.807, 2.05) is 24.3 Å². The minimum Gasteiger partial charge on any atom is -0.379 e. The maximum absolute atomic E-state index is 13.4.